The van der Waals surface area contributed by atoms with Gasteiger partial charge in [0.25, 0.3) is 0 Å². The monoisotopic (exact) mass is 389 g/mol. The molecule has 0 saturated carbocycles. The van der Waals surface area contributed by atoms with Gasteiger partial charge in [-0.2, -0.15) is 0 Å². The first-order chi connectivity index (χ1) is 13.4. The van der Waals surface area contributed by atoms with Crippen LogP contribution in [-0.2, 0) is 6.54 Å². The molecule has 2 rings (SSSR count). The average molecular weight is 389 g/mol. The number of nitrogens with zero attached hydrogens (tertiary/aromatic N) is 2. The molecule has 0 fully saturated rings. The zero-order valence-electron chi connectivity index (χ0n) is 17.0. The minimum atomic E-state index is -0.447. The lowest BCUT2D eigenvalue weighted by atomic mass is 10.0. The minimum Gasteiger partial charge on any atom is -0.496 e. The van der Waals surface area contributed by atoms with Gasteiger partial charge in [0.05, 0.1) is 20.3 Å². The molecule has 1 atom stereocenters. The first-order valence-corrected chi connectivity index (χ1v) is 8.98. The molecular formula is C21H28FN3O3. The lowest BCUT2D eigenvalue weighted by Crippen LogP contribution is -2.41. The molecule has 0 aromatic heterocycles. The number of rotatable bonds is 8. The number of nitrogens with one attached hydrogen (secondary N) is 1. The third-order valence-corrected chi connectivity index (χ3v) is 4.55. The SMILES string of the molecule is COc1ccc(CN(C)C(=O)NCC(c2ccccc2OC)N(C)C)cc1F. The lowest BCUT2D eigenvalue weighted by Gasteiger charge is -2.27. The molecule has 2 aromatic rings. The Balaban J connectivity index is 2.01. The number of hydrogen-bond donors (Lipinski definition) is 1. The molecule has 0 saturated heterocycles. The van der Waals surface area contributed by atoms with Crippen molar-refractivity contribution in [3.8, 4) is 11.5 Å². The van der Waals surface area contributed by atoms with Crippen molar-refractivity contribution in [2.45, 2.75) is 12.6 Å². The molecular weight excluding hydrogens is 361 g/mol. The van der Waals surface area contributed by atoms with Crippen LogP contribution in [0.5, 0.6) is 11.5 Å². The Kier molecular flexibility index (Phi) is 7.63. The first kappa shape index (κ1) is 21.5. The highest BCUT2D eigenvalue weighted by molar-refractivity contribution is 5.74. The molecule has 2 amide bonds. The number of likely N-dealkylation sites (N-methyl/N-ethyl adjacent to an activating group) is 1. The van der Waals surface area contributed by atoms with Gasteiger partial charge in [0.15, 0.2) is 11.6 Å². The normalized spacial score (nSPS) is 11.8. The molecule has 0 heterocycles. The maximum Gasteiger partial charge on any atom is 0.317 e. The Morgan fingerprint density at radius 2 is 1.75 bits per heavy atom. The summed E-state index contributed by atoms with van der Waals surface area (Å²) >= 11 is 0. The van der Waals surface area contributed by atoms with Crippen LogP contribution >= 0.6 is 0 Å². The van der Waals surface area contributed by atoms with Crippen LogP contribution in [0.15, 0.2) is 42.5 Å². The smallest absolute Gasteiger partial charge is 0.317 e. The maximum absolute atomic E-state index is 13.8. The Morgan fingerprint density at radius 3 is 2.36 bits per heavy atom. The molecule has 7 heteroatoms. The number of ether oxygens (including phenoxy) is 2. The van der Waals surface area contributed by atoms with E-state index in [1.165, 1.54) is 18.1 Å². The summed E-state index contributed by atoms with van der Waals surface area (Å²) in [7, 11) is 8.62. The number of carbonyl (C=O) groups is 1. The molecule has 0 aliphatic heterocycles. The highest BCUT2D eigenvalue weighted by Gasteiger charge is 2.20. The number of para-hydroxylation sites is 1. The maximum atomic E-state index is 13.8. The number of carbonyl (C=O) groups excluding carboxylic acids is 1. The highest BCUT2D eigenvalue weighted by Crippen LogP contribution is 2.27. The molecule has 0 spiro atoms. The molecule has 6 nitrogen and oxygen atoms in total. The number of methoxy groups -OCH3 is 2. The Labute approximate surface area is 165 Å². The topological polar surface area (TPSA) is 54.0 Å². The largest absolute Gasteiger partial charge is 0.496 e. The summed E-state index contributed by atoms with van der Waals surface area (Å²) in [5, 5.41) is 2.94. The van der Waals surface area contributed by atoms with Gasteiger partial charge in [0.2, 0.25) is 0 Å². The van der Waals surface area contributed by atoms with Crippen molar-refractivity contribution < 1.29 is 18.7 Å². The van der Waals surface area contributed by atoms with E-state index in [-0.39, 0.29) is 24.4 Å². The van der Waals surface area contributed by atoms with E-state index < -0.39 is 5.82 Å². The Morgan fingerprint density at radius 1 is 1.07 bits per heavy atom. The molecule has 0 aliphatic rings. The van der Waals surface area contributed by atoms with Crippen LogP contribution in [0, 0.1) is 5.82 Å². The van der Waals surface area contributed by atoms with Crippen molar-refractivity contribution in [2.75, 3.05) is 41.9 Å². The van der Waals surface area contributed by atoms with Crippen molar-refractivity contribution in [2.24, 2.45) is 0 Å². The summed E-state index contributed by atoms with van der Waals surface area (Å²) in [6, 6.07) is 12.1. The molecule has 2 aromatic carbocycles. The van der Waals surface area contributed by atoms with Crippen molar-refractivity contribution in [3.05, 3.63) is 59.4 Å². The fourth-order valence-corrected chi connectivity index (χ4v) is 2.99. The van der Waals surface area contributed by atoms with Gasteiger partial charge in [0, 0.05) is 25.7 Å². The fraction of sp³-hybridized carbons (Fsp3) is 0.381. The van der Waals surface area contributed by atoms with Gasteiger partial charge in [-0.15, -0.1) is 0 Å². The van der Waals surface area contributed by atoms with Crippen molar-refractivity contribution >= 4 is 6.03 Å². The van der Waals surface area contributed by atoms with Crippen LogP contribution < -0.4 is 14.8 Å². The van der Waals surface area contributed by atoms with Crippen LogP contribution in [0.3, 0.4) is 0 Å². The van der Waals surface area contributed by atoms with E-state index >= 15 is 0 Å². The molecule has 1 unspecified atom stereocenters. The number of hydrogen-bond acceptors (Lipinski definition) is 4. The van der Waals surface area contributed by atoms with Gasteiger partial charge >= 0.3 is 6.03 Å². The molecule has 28 heavy (non-hydrogen) atoms. The second kappa shape index (κ2) is 9.94. The lowest BCUT2D eigenvalue weighted by molar-refractivity contribution is 0.200. The highest BCUT2D eigenvalue weighted by atomic mass is 19.1. The zero-order valence-corrected chi connectivity index (χ0v) is 17.0. The molecule has 152 valence electrons. The van der Waals surface area contributed by atoms with Gasteiger partial charge < -0.3 is 24.6 Å². The van der Waals surface area contributed by atoms with Crippen molar-refractivity contribution in [1.82, 2.24) is 15.1 Å². The van der Waals surface area contributed by atoms with E-state index in [4.69, 9.17) is 9.47 Å². The van der Waals surface area contributed by atoms with Crippen molar-refractivity contribution in [1.29, 1.82) is 0 Å². The van der Waals surface area contributed by atoms with E-state index in [0.29, 0.717) is 12.1 Å². The minimum absolute atomic E-state index is 0.0491. The average Bonchev–Trinajstić information content (AvgIpc) is 2.68. The summed E-state index contributed by atoms with van der Waals surface area (Å²) < 4.78 is 24.2. The number of halogens is 1. The predicted octanol–water partition coefficient (Wildman–Crippen LogP) is 3.29. The Bertz CT molecular complexity index is 798. The van der Waals surface area contributed by atoms with Crippen LogP contribution in [0.2, 0.25) is 0 Å². The van der Waals surface area contributed by atoms with E-state index in [2.05, 4.69) is 5.32 Å². The van der Waals surface area contributed by atoms with Gasteiger partial charge in [0.1, 0.15) is 5.75 Å². The Hall–Kier alpha value is -2.80. The summed E-state index contributed by atoms with van der Waals surface area (Å²) in [4.78, 5) is 16.0. The molecule has 0 aliphatic carbocycles. The van der Waals surface area contributed by atoms with Crippen LogP contribution in [0.4, 0.5) is 9.18 Å². The predicted molar refractivity (Wildman–Crippen MR) is 107 cm³/mol. The van der Waals surface area contributed by atoms with Crippen LogP contribution in [0.25, 0.3) is 0 Å². The second-order valence-corrected chi connectivity index (χ2v) is 6.73. The number of benzene rings is 2. The summed E-state index contributed by atoms with van der Waals surface area (Å²) in [5.74, 6) is 0.511. The third kappa shape index (κ3) is 5.36. The molecule has 0 bridgehead atoms. The molecule has 0 radical (unpaired) electrons. The van der Waals surface area contributed by atoms with Crippen LogP contribution in [0.1, 0.15) is 17.2 Å². The third-order valence-electron chi connectivity index (χ3n) is 4.55. The summed E-state index contributed by atoms with van der Waals surface area (Å²) in [6.07, 6.45) is 0. The van der Waals surface area contributed by atoms with E-state index in [1.807, 2.05) is 43.3 Å². The fourth-order valence-electron chi connectivity index (χ4n) is 2.99. The van der Waals surface area contributed by atoms with E-state index in [9.17, 15) is 9.18 Å². The van der Waals surface area contributed by atoms with Crippen LogP contribution in [-0.4, -0.2) is 57.7 Å². The number of urea groups is 1. The quantitative estimate of drug-likeness (QED) is 0.753. The van der Waals surface area contributed by atoms with E-state index in [1.54, 1.807) is 26.3 Å². The standard InChI is InChI=1S/C21H28FN3O3/c1-24(2)18(16-8-6-7-9-19(16)27-4)13-23-21(26)25(3)14-15-10-11-20(28-5)17(22)12-15/h6-12,18H,13-14H2,1-5H3,(H,23,26). The van der Waals surface area contributed by atoms with Gasteiger partial charge in [-0.05, 0) is 37.9 Å². The van der Waals surface area contributed by atoms with Gasteiger partial charge in [-0.25, -0.2) is 9.18 Å². The molecule has 1 N–H and O–H groups in total. The van der Waals surface area contributed by atoms with Gasteiger partial charge in [-0.1, -0.05) is 24.3 Å². The van der Waals surface area contributed by atoms with Gasteiger partial charge in [-0.3, -0.25) is 0 Å². The summed E-state index contributed by atoms with van der Waals surface area (Å²) in [6.45, 7) is 0.696. The zero-order chi connectivity index (χ0) is 20.7. The van der Waals surface area contributed by atoms with Crippen molar-refractivity contribution in [3.63, 3.8) is 0 Å². The summed E-state index contributed by atoms with van der Waals surface area (Å²) in [5.41, 5.74) is 1.68. The number of amides is 2. The van der Waals surface area contributed by atoms with E-state index in [0.717, 1.165) is 11.3 Å². The first-order valence-electron chi connectivity index (χ1n) is 8.98. The second-order valence-electron chi connectivity index (χ2n) is 6.73.